The molecular weight excluding hydrogens is 961 g/mol. The summed E-state index contributed by atoms with van der Waals surface area (Å²) >= 11 is 0. The molecule has 0 aromatic rings. The van der Waals surface area contributed by atoms with Gasteiger partial charge in [0.1, 0.15) is 85.5 Å². The van der Waals surface area contributed by atoms with Crippen LogP contribution in [0.5, 0.6) is 0 Å². The summed E-state index contributed by atoms with van der Waals surface area (Å²) in [7, 11) is 0. The van der Waals surface area contributed by atoms with Crippen molar-refractivity contribution in [3.8, 4) is 0 Å². The number of esters is 1. The van der Waals surface area contributed by atoms with E-state index in [9.17, 15) is 66.1 Å². The zero-order valence-corrected chi connectivity index (χ0v) is 43.2. The number of ether oxygens (including phenoxy) is 8. The van der Waals surface area contributed by atoms with E-state index in [0.717, 1.165) is 44.9 Å². The summed E-state index contributed by atoms with van der Waals surface area (Å²) in [5.41, 5.74) is -0.886. The molecule has 26 atom stereocenters. The molecule has 0 radical (unpaired) electrons. The second-order valence-corrected chi connectivity index (χ2v) is 25.4. The van der Waals surface area contributed by atoms with Gasteiger partial charge in [-0.1, -0.05) is 60.1 Å². The monoisotopic (exact) mass is 1040 g/mol. The molecule has 4 saturated carbocycles. The Morgan fingerprint density at radius 1 is 0.589 bits per heavy atom. The zero-order valence-electron chi connectivity index (χ0n) is 43.2. The number of carbonyl (C=O) groups is 1. The van der Waals surface area contributed by atoms with Crippen LogP contribution in [0.2, 0.25) is 0 Å². The van der Waals surface area contributed by atoms with Gasteiger partial charge in [-0.25, -0.2) is 0 Å². The standard InChI is InChI=1S/C52H84O21/c1-47(2)14-16-52(46(65)73-44-39(64)36(61)34(59)28(20-54)69-44)17-15-50(6)23(24(52)18-47)8-9-30-49(5)12-11-31(48(3,4)29(49)10-13-51(30,50)7)70-45-41(72-42-37(62)32(57)25(55)21-66-42)40(26(56)22-67-45)71-43-38(63)35(60)33(58)27(19-53)68-43/h8,24-45,53-64H,9-22H2,1-7H3/t24-,25-,26+,27-,28-,29?,30-,31+,32+,33-,34-,35+,36+,37-,38-,39-,40+,41-,42+,43-,44+,45+,49+,50-,51-,52+/m1/s1. The van der Waals surface area contributed by atoms with Crippen LogP contribution in [0.15, 0.2) is 11.6 Å². The average Bonchev–Trinajstić information content (AvgIpc) is 3.34. The summed E-state index contributed by atoms with van der Waals surface area (Å²) in [6, 6.07) is 0. The second kappa shape index (κ2) is 20.3. The molecule has 9 rings (SSSR count). The first kappa shape index (κ1) is 56.2. The lowest BCUT2D eigenvalue weighted by atomic mass is 9.33. The molecule has 21 nitrogen and oxygen atoms in total. The van der Waals surface area contributed by atoms with Crippen molar-refractivity contribution in [2.24, 2.45) is 50.2 Å². The largest absolute Gasteiger partial charge is 0.432 e. The molecule has 21 heteroatoms. The minimum absolute atomic E-state index is 0.0796. The van der Waals surface area contributed by atoms with E-state index in [1.807, 2.05) is 0 Å². The predicted octanol–water partition coefficient (Wildman–Crippen LogP) is -0.757. The molecule has 5 aliphatic carbocycles. The smallest absolute Gasteiger partial charge is 0.315 e. The van der Waals surface area contributed by atoms with Gasteiger partial charge in [-0.15, -0.1) is 0 Å². The Morgan fingerprint density at radius 2 is 1.16 bits per heavy atom. The summed E-state index contributed by atoms with van der Waals surface area (Å²) < 4.78 is 48.6. The third-order valence-corrected chi connectivity index (χ3v) is 20.6. The highest BCUT2D eigenvalue weighted by Gasteiger charge is 2.70. The number of hydrogen-bond acceptors (Lipinski definition) is 21. The van der Waals surface area contributed by atoms with Crippen LogP contribution in [0.1, 0.15) is 113 Å². The van der Waals surface area contributed by atoms with Crippen molar-refractivity contribution in [3.63, 3.8) is 0 Å². The first-order chi connectivity index (χ1) is 34.2. The molecule has 4 aliphatic heterocycles. The minimum atomic E-state index is -1.83. The van der Waals surface area contributed by atoms with Crippen LogP contribution in [0.4, 0.5) is 0 Å². The molecular formula is C52H84O21. The van der Waals surface area contributed by atoms with Crippen molar-refractivity contribution in [1.29, 1.82) is 0 Å². The first-order valence-electron chi connectivity index (χ1n) is 26.6. The third kappa shape index (κ3) is 9.20. The Bertz CT molecular complexity index is 2000. The van der Waals surface area contributed by atoms with Crippen molar-refractivity contribution in [2.45, 2.75) is 229 Å². The van der Waals surface area contributed by atoms with E-state index >= 15 is 0 Å². The fourth-order valence-electron chi connectivity index (χ4n) is 16.0. The lowest BCUT2D eigenvalue weighted by molar-refractivity contribution is -0.384. The fraction of sp³-hybridized carbons (Fsp3) is 0.942. The molecule has 4 saturated heterocycles. The Labute approximate surface area is 426 Å². The molecule has 0 aromatic heterocycles. The van der Waals surface area contributed by atoms with Gasteiger partial charge in [0.05, 0.1) is 37.9 Å². The van der Waals surface area contributed by atoms with Crippen molar-refractivity contribution in [2.75, 3.05) is 26.4 Å². The van der Waals surface area contributed by atoms with Gasteiger partial charge in [-0.2, -0.15) is 0 Å². The number of rotatable bonds is 10. The molecule has 1 unspecified atom stereocenters. The van der Waals surface area contributed by atoms with Gasteiger partial charge in [-0.3, -0.25) is 4.79 Å². The maximum Gasteiger partial charge on any atom is 0.315 e. The maximum atomic E-state index is 14.8. The zero-order chi connectivity index (χ0) is 53.1. The highest BCUT2D eigenvalue weighted by atomic mass is 16.8. The minimum Gasteiger partial charge on any atom is -0.432 e. The van der Waals surface area contributed by atoms with E-state index in [2.05, 4.69) is 54.5 Å². The Balaban J connectivity index is 0.968. The van der Waals surface area contributed by atoms with Gasteiger partial charge in [0.25, 0.3) is 0 Å². The van der Waals surface area contributed by atoms with E-state index in [0.29, 0.717) is 19.3 Å². The highest BCUT2D eigenvalue weighted by molar-refractivity contribution is 5.79. The number of allylic oxidation sites excluding steroid dienone is 2. The molecule has 73 heavy (non-hydrogen) atoms. The third-order valence-electron chi connectivity index (χ3n) is 20.6. The molecule has 0 amide bonds. The van der Waals surface area contributed by atoms with E-state index in [4.69, 9.17) is 37.9 Å². The lowest BCUT2D eigenvalue weighted by Crippen LogP contribution is -2.67. The molecule has 4 heterocycles. The summed E-state index contributed by atoms with van der Waals surface area (Å²) in [4.78, 5) is 14.8. The molecule has 0 bridgehead atoms. The van der Waals surface area contributed by atoms with Gasteiger partial charge < -0.3 is 99.2 Å². The van der Waals surface area contributed by atoms with Crippen molar-refractivity contribution in [1.82, 2.24) is 0 Å². The molecule has 418 valence electrons. The maximum absolute atomic E-state index is 14.8. The van der Waals surface area contributed by atoms with Crippen LogP contribution < -0.4 is 0 Å². The predicted molar refractivity (Wildman–Crippen MR) is 251 cm³/mol. The van der Waals surface area contributed by atoms with Crippen LogP contribution in [-0.2, 0) is 42.7 Å². The highest BCUT2D eigenvalue weighted by Crippen LogP contribution is 2.76. The molecule has 0 spiro atoms. The number of fused-ring (bicyclic) bond motifs is 7. The quantitative estimate of drug-likeness (QED) is 0.0727. The van der Waals surface area contributed by atoms with Gasteiger partial charge in [0.2, 0.25) is 6.29 Å². The van der Waals surface area contributed by atoms with Gasteiger partial charge in [-0.05, 0) is 109 Å². The van der Waals surface area contributed by atoms with Crippen LogP contribution in [-0.4, -0.2) is 210 Å². The molecule has 12 N–H and O–H groups in total. The molecule has 9 aliphatic rings. The summed E-state index contributed by atoms with van der Waals surface area (Å²) in [6.45, 7) is 14.0. The number of aliphatic hydroxyl groups excluding tert-OH is 12. The Morgan fingerprint density at radius 3 is 1.82 bits per heavy atom. The van der Waals surface area contributed by atoms with Crippen molar-refractivity contribution < 1.29 is 104 Å². The van der Waals surface area contributed by atoms with E-state index in [1.165, 1.54) is 5.57 Å². The summed E-state index contributed by atoms with van der Waals surface area (Å²) in [5.74, 6) is -0.298. The van der Waals surface area contributed by atoms with E-state index in [-0.39, 0.29) is 46.0 Å². The number of aliphatic hydroxyl groups is 12. The SMILES string of the molecule is CC1(C)CC[C@]2(C(=O)O[C@@H]3O[C@H](CO)[C@@H](O)[C@H](O)[C@H]3O)CC[C@]3(C)C(=CC[C@@H]4[C@@]5(C)CC[C@H](O[C@@H]6OC[C@H](O)[C@H](O[C@H]7O[C@H](CO)[C@@H](O)[C@H](O)[C@H]7O)[C@H]6O[C@@H]6OC[C@@H](O)[C@H](O)[C@H]6O)C(C)(C)C5CC[C@]43C)[C@H]2C1. The van der Waals surface area contributed by atoms with Crippen LogP contribution in [0.3, 0.4) is 0 Å². The normalized spacial score (nSPS) is 53.7. The van der Waals surface area contributed by atoms with Gasteiger partial charge in [0, 0.05) is 0 Å². The van der Waals surface area contributed by atoms with E-state index < -0.39 is 153 Å². The van der Waals surface area contributed by atoms with E-state index in [1.54, 1.807) is 0 Å². The number of hydrogen-bond donors (Lipinski definition) is 12. The summed E-state index contributed by atoms with van der Waals surface area (Å²) in [5, 5.41) is 127. The summed E-state index contributed by atoms with van der Waals surface area (Å²) in [6.07, 6.45) is -18.8. The molecule has 8 fully saturated rings. The Kier molecular flexibility index (Phi) is 15.6. The number of carbonyl (C=O) groups excluding carboxylic acids is 1. The molecule has 0 aromatic carbocycles. The topological polar surface area (TPSA) is 334 Å². The second-order valence-electron chi connectivity index (χ2n) is 25.4. The van der Waals surface area contributed by atoms with Crippen LogP contribution >= 0.6 is 0 Å². The van der Waals surface area contributed by atoms with Crippen LogP contribution in [0, 0.1) is 50.2 Å². The van der Waals surface area contributed by atoms with Gasteiger partial charge in [0.15, 0.2) is 18.9 Å². The van der Waals surface area contributed by atoms with Crippen molar-refractivity contribution >= 4 is 5.97 Å². The first-order valence-corrected chi connectivity index (χ1v) is 26.6. The van der Waals surface area contributed by atoms with Crippen LogP contribution in [0.25, 0.3) is 0 Å². The van der Waals surface area contributed by atoms with Crippen molar-refractivity contribution in [3.05, 3.63) is 11.6 Å². The Hall–Kier alpha value is -1.55. The lowest BCUT2D eigenvalue weighted by Gasteiger charge is -2.71. The van der Waals surface area contributed by atoms with Gasteiger partial charge >= 0.3 is 5.97 Å². The fourth-order valence-corrected chi connectivity index (χ4v) is 16.0. The average molecular weight is 1050 g/mol.